The van der Waals surface area contributed by atoms with Crippen molar-refractivity contribution in [1.82, 2.24) is 0 Å². The van der Waals surface area contributed by atoms with Crippen LogP contribution in [0.15, 0.2) is 36.4 Å². The van der Waals surface area contributed by atoms with Crippen LogP contribution in [0, 0.1) is 5.41 Å². The molecule has 2 heterocycles. The molecule has 1 aliphatic carbocycles. The fourth-order valence-electron chi connectivity index (χ4n) is 5.73. The van der Waals surface area contributed by atoms with E-state index in [9.17, 15) is 26.4 Å². The van der Waals surface area contributed by atoms with Gasteiger partial charge in [0.15, 0.2) is 5.75 Å². The van der Waals surface area contributed by atoms with Gasteiger partial charge in [-0.2, -0.15) is 0 Å². The second-order valence-electron chi connectivity index (χ2n) is 12.6. The van der Waals surface area contributed by atoms with Crippen LogP contribution in [0.25, 0.3) is 0 Å². The summed E-state index contributed by atoms with van der Waals surface area (Å²) < 4.78 is 59.4. The Bertz CT molecular complexity index is 1630. The molecule has 1 saturated carbocycles. The molecule has 5 rings (SSSR count). The van der Waals surface area contributed by atoms with Gasteiger partial charge in [0.1, 0.15) is 0 Å². The number of nitrogens with zero attached hydrogens (tertiary/aromatic N) is 2. The first-order valence-corrected chi connectivity index (χ1v) is 17.7. The van der Waals surface area contributed by atoms with E-state index in [1.807, 2.05) is 6.07 Å². The smallest absolute Gasteiger partial charge is 0.323 e. The number of fused-ring (bicyclic) bond motifs is 1. The van der Waals surface area contributed by atoms with E-state index < -0.39 is 42.4 Å². The number of hydrogen-bond donors (Lipinski definition) is 2. The molecular formula is C30H40N4O7S2. The van der Waals surface area contributed by atoms with Crippen LogP contribution in [-0.4, -0.2) is 65.5 Å². The van der Waals surface area contributed by atoms with Crippen LogP contribution in [0.5, 0.6) is 0 Å². The third kappa shape index (κ3) is 6.62. The molecule has 1 amide bonds. The summed E-state index contributed by atoms with van der Waals surface area (Å²) in [5, 5.41) is 2.93. The van der Waals surface area contributed by atoms with Crippen molar-refractivity contribution in [2.45, 2.75) is 64.5 Å². The third-order valence-corrected chi connectivity index (χ3v) is 12.2. The van der Waals surface area contributed by atoms with E-state index in [2.05, 4.69) is 14.9 Å². The minimum absolute atomic E-state index is 0.0768. The lowest BCUT2D eigenvalue weighted by Crippen LogP contribution is -2.42. The normalized spacial score (nSPS) is 17.9. The standard InChI is InChI=1S/C30H40N4O7S2/c1-5-41-27(35)20-42(37,38)32-23-8-9-24(26(19-23)33-16-13-30(11-12-30)14-17-33)28(36)31-22-7-6-21-10-15-34(25(21)18-22)43(39,40)29(2,3)4/h6-9,18-19,32H,5,10-17,20H2,1-4H3,(H,31,36). The molecule has 1 saturated heterocycles. The van der Waals surface area contributed by atoms with Gasteiger partial charge in [-0.15, -0.1) is 0 Å². The Morgan fingerprint density at radius 2 is 1.56 bits per heavy atom. The summed E-state index contributed by atoms with van der Waals surface area (Å²) in [7, 11) is -7.64. The minimum atomic E-state index is -4.02. The van der Waals surface area contributed by atoms with Crippen molar-refractivity contribution in [3.8, 4) is 0 Å². The molecule has 2 N–H and O–H groups in total. The summed E-state index contributed by atoms with van der Waals surface area (Å²) in [5.41, 5.74) is 3.49. The van der Waals surface area contributed by atoms with Crippen LogP contribution in [-0.2, 0) is 36.0 Å². The van der Waals surface area contributed by atoms with Gasteiger partial charge in [0.05, 0.1) is 34.0 Å². The molecule has 3 aliphatic rings. The SMILES string of the molecule is CCOC(=O)CS(=O)(=O)Nc1ccc(C(=O)Nc2ccc3c(c2)N(S(=O)(=O)C(C)(C)C)CC3)c(N2CCC3(CC2)CC3)c1. The molecule has 234 valence electrons. The number of benzene rings is 2. The molecule has 0 radical (unpaired) electrons. The summed E-state index contributed by atoms with van der Waals surface area (Å²) in [6.45, 7) is 8.49. The van der Waals surface area contributed by atoms with E-state index >= 15 is 0 Å². The molecule has 43 heavy (non-hydrogen) atoms. The number of hydrogen-bond acceptors (Lipinski definition) is 8. The fraction of sp³-hybridized carbons (Fsp3) is 0.533. The quantitative estimate of drug-likeness (QED) is 0.394. The number of carbonyl (C=O) groups excluding carboxylic acids is 2. The molecular weight excluding hydrogens is 592 g/mol. The summed E-state index contributed by atoms with van der Waals surface area (Å²) in [6.07, 6.45) is 5.00. The number of carbonyl (C=O) groups is 2. The summed E-state index contributed by atoms with van der Waals surface area (Å²) in [6, 6.07) is 9.98. The Morgan fingerprint density at radius 1 is 0.907 bits per heavy atom. The molecule has 2 aliphatic heterocycles. The summed E-state index contributed by atoms with van der Waals surface area (Å²) in [4.78, 5) is 27.6. The zero-order valence-corrected chi connectivity index (χ0v) is 26.7. The molecule has 13 heteroatoms. The van der Waals surface area contributed by atoms with E-state index in [-0.39, 0.29) is 12.3 Å². The van der Waals surface area contributed by atoms with Crippen molar-refractivity contribution >= 4 is 54.7 Å². The Labute approximate surface area is 254 Å². The number of amides is 1. The number of piperidine rings is 1. The highest BCUT2D eigenvalue weighted by atomic mass is 32.2. The van der Waals surface area contributed by atoms with E-state index in [0.29, 0.717) is 41.0 Å². The molecule has 11 nitrogen and oxygen atoms in total. The number of esters is 1. The largest absolute Gasteiger partial charge is 0.465 e. The van der Waals surface area contributed by atoms with Crippen LogP contribution in [0.3, 0.4) is 0 Å². The zero-order valence-electron chi connectivity index (χ0n) is 25.1. The van der Waals surface area contributed by atoms with Gasteiger partial charge in [0.25, 0.3) is 5.91 Å². The van der Waals surface area contributed by atoms with Gasteiger partial charge in [0, 0.05) is 25.3 Å². The van der Waals surface area contributed by atoms with Crippen LogP contribution in [0.4, 0.5) is 22.7 Å². The Kier molecular flexibility index (Phi) is 8.18. The molecule has 2 fully saturated rings. The molecule has 2 aromatic rings. The third-order valence-electron chi connectivity index (χ3n) is 8.51. The minimum Gasteiger partial charge on any atom is -0.465 e. The molecule has 1 spiro atoms. The molecule has 2 aromatic carbocycles. The maximum atomic E-state index is 13.7. The van der Waals surface area contributed by atoms with Gasteiger partial charge in [0.2, 0.25) is 20.0 Å². The van der Waals surface area contributed by atoms with Gasteiger partial charge in [-0.05, 0) is 101 Å². The highest BCUT2D eigenvalue weighted by Gasteiger charge is 2.45. The topological polar surface area (TPSA) is 142 Å². The van der Waals surface area contributed by atoms with Crippen molar-refractivity contribution in [2.24, 2.45) is 5.41 Å². The van der Waals surface area contributed by atoms with Crippen molar-refractivity contribution < 1.29 is 31.2 Å². The van der Waals surface area contributed by atoms with Gasteiger partial charge in [-0.3, -0.25) is 18.6 Å². The van der Waals surface area contributed by atoms with Crippen molar-refractivity contribution in [3.05, 3.63) is 47.5 Å². The second-order valence-corrected chi connectivity index (χ2v) is 17.0. The van der Waals surface area contributed by atoms with Crippen LogP contribution < -0.4 is 19.2 Å². The zero-order chi connectivity index (χ0) is 31.2. The summed E-state index contributed by atoms with van der Waals surface area (Å²) >= 11 is 0. The summed E-state index contributed by atoms with van der Waals surface area (Å²) in [5.74, 6) is -2.06. The molecule has 0 bridgehead atoms. The van der Waals surface area contributed by atoms with Gasteiger partial charge >= 0.3 is 5.97 Å². The maximum Gasteiger partial charge on any atom is 0.323 e. The predicted molar refractivity (Wildman–Crippen MR) is 168 cm³/mol. The van der Waals surface area contributed by atoms with E-state index in [1.54, 1.807) is 52.0 Å². The first kappa shape index (κ1) is 31.1. The number of sulfonamides is 2. The lowest BCUT2D eigenvalue weighted by Gasteiger charge is -2.35. The fourth-order valence-corrected chi connectivity index (χ4v) is 8.10. The maximum absolute atomic E-state index is 13.7. The Morgan fingerprint density at radius 3 is 2.19 bits per heavy atom. The van der Waals surface area contributed by atoms with Gasteiger partial charge in [-0.25, -0.2) is 16.8 Å². The monoisotopic (exact) mass is 632 g/mol. The number of anilines is 4. The van der Waals surface area contributed by atoms with Crippen LogP contribution in [0.1, 0.15) is 69.3 Å². The molecule has 0 aromatic heterocycles. The van der Waals surface area contributed by atoms with Crippen molar-refractivity contribution in [3.63, 3.8) is 0 Å². The van der Waals surface area contributed by atoms with Crippen LogP contribution >= 0.6 is 0 Å². The lowest BCUT2D eigenvalue weighted by atomic mass is 9.93. The van der Waals surface area contributed by atoms with Crippen LogP contribution in [0.2, 0.25) is 0 Å². The number of ether oxygens (including phenoxy) is 1. The highest BCUT2D eigenvalue weighted by Crippen LogP contribution is 2.54. The van der Waals surface area contributed by atoms with Gasteiger partial charge in [-0.1, -0.05) is 6.07 Å². The second kappa shape index (κ2) is 11.3. The average Bonchev–Trinajstić information content (AvgIpc) is 3.52. The number of nitrogens with one attached hydrogen (secondary N) is 2. The Hall–Kier alpha value is -3.32. The first-order valence-electron chi connectivity index (χ1n) is 14.6. The van der Waals surface area contributed by atoms with E-state index in [0.717, 1.165) is 31.5 Å². The Balaban J connectivity index is 1.41. The van der Waals surface area contributed by atoms with E-state index in [1.165, 1.54) is 23.2 Å². The average molecular weight is 633 g/mol. The number of rotatable bonds is 9. The van der Waals surface area contributed by atoms with Crippen molar-refractivity contribution in [1.29, 1.82) is 0 Å². The molecule has 0 unspecified atom stereocenters. The van der Waals surface area contributed by atoms with E-state index in [4.69, 9.17) is 4.74 Å². The molecule has 0 atom stereocenters. The lowest BCUT2D eigenvalue weighted by molar-refractivity contribution is -0.139. The first-order chi connectivity index (χ1) is 20.1. The highest BCUT2D eigenvalue weighted by molar-refractivity contribution is 7.94. The van der Waals surface area contributed by atoms with Crippen molar-refractivity contribution in [2.75, 3.05) is 51.2 Å². The predicted octanol–water partition coefficient (Wildman–Crippen LogP) is 4.11. The van der Waals surface area contributed by atoms with Gasteiger partial charge < -0.3 is 15.0 Å².